The number of hydrogen-bond acceptors (Lipinski definition) is 4. The lowest BCUT2D eigenvalue weighted by molar-refractivity contribution is 0.0949. The van der Waals surface area contributed by atoms with Crippen molar-refractivity contribution >= 4 is 27.3 Å². The Morgan fingerprint density at radius 1 is 1.03 bits per heavy atom. The lowest BCUT2D eigenvalue weighted by Gasteiger charge is -2.22. The number of amides is 1. The van der Waals surface area contributed by atoms with Crippen LogP contribution in [0.1, 0.15) is 63.4 Å². The van der Waals surface area contributed by atoms with Gasteiger partial charge in [0.25, 0.3) is 15.9 Å². The normalized spacial score (nSPS) is 14.6. The zero-order valence-electron chi connectivity index (χ0n) is 19.7. The summed E-state index contributed by atoms with van der Waals surface area (Å²) in [5.41, 5.74) is 2.73. The van der Waals surface area contributed by atoms with E-state index in [9.17, 15) is 13.2 Å². The highest BCUT2D eigenvalue weighted by atomic mass is 32.2. The molecule has 1 saturated heterocycles. The number of nitrogens with zero attached hydrogens (tertiary/aromatic N) is 1. The molecule has 2 N–H and O–H groups in total. The lowest BCUT2D eigenvalue weighted by Crippen LogP contribution is -2.30. The largest absolute Gasteiger partial charge is 0.371 e. The van der Waals surface area contributed by atoms with Crippen molar-refractivity contribution in [3.8, 4) is 0 Å². The number of carbonyl (C=O) groups is 1. The molecule has 174 valence electrons. The molecule has 0 aliphatic carbocycles. The number of sulfonamides is 1. The van der Waals surface area contributed by atoms with Crippen LogP contribution in [-0.4, -0.2) is 34.0 Å². The molecular weight excluding hydrogens is 422 g/mol. The van der Waals surface area contributed by atoms with E-state index in [4.69, 9.17) is 0 Å². The van der Waals surface area contributed by atoms with Crippen molar-refractivity contribution in [2.24, 2.45) is 5.92 Å². The summed E-state index contributed by atoms with van der Waals surface area (Å²) >= 11 is 0. The Morgan fingerprint density at radius 2 is 1.66 bits per heavy atom. The molecule has 1 amide bonds. The molecule has 2 aromatic rings. The van der Waals surface area contributed by atoms with E-state index in [2.05, 4.69) is 35.7 Å². The number of benzene rings is 2. The van der Waals surface area contributed by atoms with Gasteiger partial charge in [0.2, 0.25) is 0 Å². The summed E-state index contributed by atoms with van der Waals surface area (Å²) in [7, 11) is -3.77. The maximum absolute atomic E-state index is 13.0. The van der Waals surface area contributed by atoms with Gasteiger partial charge in [0, 0.05) is 31.0 Å². The third kappa shape index (κ3) is 5.82. The van der Waals surface area contributed by atoms with Crippen molar-refractivity contribution < 1.29 is 13.2 Å². The van der Waals surface area contributed by atoms with E-state index >= 15 is 0 Å². The van der Waals surface area contributed by atoms with E-state index in [1.165, 1.54) is 0 Å². The van der Waals surface area contributed by atoms with E-state index in [0.29, 0.717) is 23.7 Å². The minimum Gasteiger partial charge on any atom is -0.371 e. The van der Waals surface area contributed by atoms with Gasteiger partial charge in [-0.1, -0.05) is 46.8 Å². The summed E-state index contributed by atoms with van der Waals surface area (Å²) in [5.74, 6) is 0.142. The summed E-state index contributed by atoms with van der Waals surface area (Å²) in [4.78, 5) is 15.3. The molecule has 0 unspecified atom stereocenters. The van der Waals surface area contributed by atoms with Gasteiger partial charge in [-0.2, -0.15) is 0 Å². The molecule has 0 atom stereocenters. The Kier molecular flexibility index (Phi) is 7.18. The molecular formula is C25H35N3O3S. The average molecular weight is 458 g/mol. The number of carbonyl (C=O) groups excluding carboxylic acids is 1. The van der Waals surface area contributed by atoms with E-state index in [0.717, 1.165) is 37.2 Å². The van der Waals surface area contributed by atoms with Gasteiger partial charge in [0.1, 0.15) is 0 Å². The van der Waals surface area contributed by atoms with Gasteiger partial charge >= 0.3 is 0 Å². The van der Waals surface area contributed by atoms with Gasteiger partial charge in [-0.25, -0.2) is 8.42 Å². The van der Waals surface area contributed by atoms with E-state index in [1.807, 2.05) is 32.0 Å². The molecule has 2 aromatic carbocycles. The second kappa shape index (κ2) is 9.53. The highest BCUT2D eigenvalue weighted by Crippen LogP contribution is 2.29. The van der Waals surface area contributed by atoms with Crippen LogP contribution in [0.15, 0.2) is 47.4 Å². The maximum atomic E-state index is 13.0. The van der Waals surface area contributed by atoms with Gasteiger partial charge in [-0.15, -0.1) is 0 Å². The van der Waals surface area contributed by atoms with E-state index in [1.54, 1.807) is 24.3 Å². The van der Waals surface area contributed by atoms with Crippen LogP contribution in [-0.2, 0) is 15.4 Å². The maximum Gasteiger partial charge on any atom is 0.261 e. The smallest absolute Gasteiger partial charge is 0.261 e. The molecule has 1 aliphatic rings. The van der Waals surface area contributed by atoms with Gasteiger partial charge in [-0.05, 0) is 60.1 Å². The number of hydrogen-bond donors (Lipinski definition) is 2. The van der Waals surface area contributed by atoms with Crippen molar-refractivity contribution in [2.45, 2.75) is 57.8 Å². The highest BCUT2D eigenvalue weighted by Gasteiger charge is 2.22. The first-order valence-electron chi connectivity index (χ1n) is 11.3. The van der Waals surface area contributed by atoms with Crippen LogP contribution in [0, 0.1) is 5.92 Å². The SMILES string of the molecule is CC(C)CNC(=O)c1cc(NS(=O)(=O)c2ccc(C(C)(C)C)cc2)ccc1N1CCCC1. The summed E-state index contributed by atoms with van der Waals surface area (Å²) in [6.07, 6.45) is 2.18. The Hall–Kier alpha value is -2.54. The Bertz CT molecular complexity index is 1050. The van der Waals surface area contributed by atoms with E-state index < -0.39 is 10.0 Å². The van der Waals surface area contributed by atoms with Gasteiger partial charge in [0.15, 0.2) is 0 Å². The fourth-order valence-electron chi connectivity index (χ4n) is 3.76. The Morgan fingerprint density at radius 3 is 2.22 bits per heavy atom. The molecule has 0 saturated carbocycles. The van der Waals surface area contributed by atoms with Crippen LogP contribution >= 0.6 is 0 Å². The van der Waals surface area contributed by atoms with Crippen molar-refractivity contribution in [3.63, 3.8) is 0 Å². The lowest BCUT2D eigenvalue weighted by atomic mass is 9.87. The molecule has 0 aromatic heterocycles. The van der Waals surface area contributed by atoms with Crippen LogP contribution in [0.25, 0.3) is 0 Å². The molecule has 0 bridgehead atoms. The number of nitrogens with one attached hydrogen (secondary N) is 2. The first kappa shape index (κ1) is 24.1. The molecule has 0 spiro atoms. The van der Waals surface area contributed by atoms with Crippen LogP contribution in [0.2, 0.25) is 0 Å². The molecule has 3 rings (SSSR count). The number of rotatable bonds is 7. The van der Waals surface area contributed by atoms with Crippen LogP contribution < -0.4 is 14.9 Å². The van der Waals surface area contributed by atoms with Gasteiger partial charge < -0.3 is 10.2 Å². The summed E-state index contributed by atoms with van der Waals surface area (Å²) < 4.78 is 28.6. The molecule has 1 heterocycles. The third-order valence-electron chi connectivity index (χ3n) is 5.64. The zero-order valence-corrected chi connectivity index (χ0v) is 20.6. The van der Waals surface area contributed by atoms with E-state index in [-0.39, 0.29) is 16.2 Å². The first-order valence-corrected chi connectivity index (χ1v) is 12.8. The second-order valence-electron chi connectivity index (χ2n) is 9.91. The molecule has 7 heteroatoms. The predicted molar refractivity (Wildman–Crippen MR) is 131 cm³/mol. The molecule has 1 aliphatic heterocycles. The fourth-order valence-corrected chi connectivity index (χ4v) is 4.80. The minimum atomic E-state index is -3.77. The van der Waals surface area contributed by atoms with Crippen molar-refractivity contribution in [1.82, 2.24) is 5.32 Å². The zero-order chi connectivity index (χ0) is 23.5. The topological polar surface area (TPSA) is 78.5 Å². The predicted octanol–water partition coefficient (Wildman–Crippen LogP) is 4.77. The highest BCUT2D eigenvalue weighted by molar-refractivity contribution is 7.92. The summed E-state index contributed by atoms with van der Waals surface area (Å²) in [5, 5.41) is 2.96. The second-order valence-corrected chi connectivity index (χ2v) is 11.6. The average Bonchev–Trinajstić information content (AvgIpc) is 3.26. The first-order chi connectivity index (χ1) is 15.0. The van der Waals surface area contributed by atoms with Crippen LogP contribution in [0.3, 0.4) is 0 Å². The molecule has 32 heavy (non-hydrogen) atoms. The fraction of sp³-hybridized carbons (Fsp3) is 0.480. The van der Waals surface area contributed by atoms with Crippen molar-refractivity contribution in [2.75, 3.05) is 29.3 Å². The van der Waals surface area contributed by atoms with Gasteiger partial charge in [-0.3, -0.25) is 9.52 Å². The van der Waals surface area contributed by atoms with Crippen molar-refractivity contribution in [1.29, 1.82) is 0 Å². The third-order valence-corrected chi connectivity index (χ3v) is 7.04. The van der Waals surface area contributed by atoms with Crippen LogP contribution in [0.5, 0.6) is 0 Å². The minimum absolute atomic E-state index is 0.0562. The standard InChI is InChI=1S/C25H35N3O3S/c1-18(2)17-26-24(29)22-16-20(10-13-23(22)28-14-6-7-15-28)27-32(30,31)21-11-8-19(9-12-21)25(3,4)5/h8-13,16,18,27H,6-7,14-15,17H2,1-5H3,(H,26,29). The van der Waals surface area contributed by atoms with Crippen molar-refractivity contribution in [3.05, 3.63) is 53.6 Å². The Balaban J connectivity index is 1.88. The molecule has 6 nitrogen and oxygen atoms in total. The Labute approximate surface area is 192 Å². The summed E-state index contributed by atoms with van der Waals surface area (Å²) in [6, 6.07) is 12.1. The molecule has 0 radical (unpaired) electrons. The van der Waals surface area contributed by atoms with Crippen LogP contribution in [0.4, 0.5) is 11.4 Å². The monoisotopic (exact) mass is 457 g/mol. The summed E-state index contributed by atoms with van der Waals surface area (Å²) in [6.45, 7) is 12.7. The molecule has 1 fully saturated rings. The quantitative estimate of drug-likeness (QED) is 0.628. The number of anilines is 2. The van der Waals surface area contributed by atoms with Gasteiger partial charge in [0.05, 0.1) is 10.5 Å².